The van der Waals surface area contributed by atoms with Gasteiger partial charge in [-0.05, 0) is 44.8 Å². The maximum absolute atomic E-state index is 4.79. The fourth-order valence-electron chi connectivity index (χ4n) is 4.01. The molecule has 1 N–H and O–H groups in total. The van der Waals surface area contributed by atoms with E-state index in [0.29, 0.717) is 5.95 Å². The van der Waals surface area contributed by atoms with Crippen LogP contribution in [-0.4, -0.2) is 85.7 Å². The number of rotatable bonds is 5. The normalized spacial score (nSPS) is 18.9. The predicted octanol–water partition coefficient (Wildman–Crippen LogP) is 2.42. The van der Waals surface area contributed by atoms with Gasteiger partial charge in [0.2, 0.25) is 5.95 Å². The summed E-state index contributed by atoms with van der Waals surface area (Å²) in [5, 5.41) is 3.40. The van der Waals surface area contributed by atoms with E-state index >= 15 is 0 Å². The van der Waals surface area contributed by atoms with Crippen LogP contribution < -0.4 is 15.1 Å². The quantitative estimate of drug-likeness (QED) is 0.834. The summed E-state index contributed by atoms with van der Waals surface area (Å²) in [7, 11) is 2.18. The fraction of sp³-hybridized carbons (Fsp3) is 0.545. The van der Waals surface area contributed by atoms with Gasteiger partial charge in [-0.3, -0.25) is 0 Å². The van der Waals surface area contributed by atoms with Gasteiger partial charge in [-0.2, -0.15) is 4.98 Å². The Labute approximate surface area is 174 Å². The first kappa shape index (κ1) is 19.9. The first-order chi connectivity index (χ1) is 14.1. The van der Waals surface area contributed by atoms with E-state index in [1.807, 2.05) is 6.92 Å². The van der Waals surface area contributed by atoms with Crippen molar-refractivity contribution in [2.75, 3.05) is 81.1 Å². The molecule has 0 aliphatic carbocycles. The third kappa shape index (κ3) is 4.97. The van der Waals surface area contributed by atoms with Gasteiger partial charge >= 0.3 is 0 Å². The highest BCUT2D eigenvalue weighted by atomic mass is 15.3. The first-order valence-corrected chi connectivity index (χ1v) is 10.7. The Hall–Kier alpha value is -2.38. The Morgan fingerprint density at radius 1 is 0.862 bits per heavy atom. The highest BCUT2D eigenvalue weighted by molar-refractivity contribution is 5.60. The standard InChI is InChI=1S/C22H33N7/c1-4-27-11-15-29(16-12-27)21-17-18(2)23-22(25-21)24-19-5-7-20(8-6-19)28-13-9-26(3)10-14-28/h5-8,17H,4,9-16H2,1-3H3,(H,23,24,25). The molecule has 3 heterocycles. The number of anilines is 4. The van der Waals surface area contributed by atoms with Crippen LogP contribution in [0.4, 0.5) is 23.1 Å². The van der Waals surface area contributed by atoms with Crippen LogP contribution in [0.15, 0.2) is 30.3 Å². The fourth-order valence-corrected chi connectivity index (χ4v) is 4.01. The molecule has 2 aliphatic rings. The maximum atomic E-state index is 4.79. The molecule has 0 bridgehead atoms. The number of nitrogens with zero attached hydrogens (tertiary/aromatic N) is 6. The summed E-state index contributed by atoms with van der Waals surface area (Å²) in [5.74, 6) is 1.69. The second kappa shape index (κ2) is 8.97. The molecule has 0 unspecified atom stereocenters. The molecule has 4 rings (SSSR count). The average Bonchev–Trinajstić information content (AvgIpc) is 2.75. The van der Waals surface area contributed by atoms with E-state index in [9.17, 15) is 0 Å². The van der Waals surface area contributed by atoms with Gasteiger partial charge in [-0.25, -0.2) is 4.98 Å². The Kier molecular flexibility index (Phi) is 6.16. The summed E-state index contributed by atoms with van der Waals surface area (Å²) in [6.45, 7) is 14.0. The molecule has 0 atom stereocenters. The van der Waals surface area contributed by atoms with E-state index in [0.717, 1.165) is 76.1 Å². The van der Waals surface area contributed by atoms with Crippen LogP contribution in [0.3, 0.4) is 0 Å². The topological polar surface area (TPSA) is 50.8 Å². The number of nitrogens with one attached hydrogen (secondary N) is 1. The zero-order valence-corrected chi connectivity index (χ0v) is 17.9. The lowest BCUT2D eigenvalue weighted by Crippen LogP contribution is -2.46. The van der Waals surface area contributed by atoms with Crippen molar-refractivity contribution < 1.29 is 0 Å². The molecule has 1 aromatic heterocycles. The largest absolute Gasteiger partial charge is 0.369 e. The SMILES string of the molecule is CCN1CCN(c2cc(C)nc(Nc3ccc(N4CCN(C)CC4)cc3)n2)CC1. The molecule has 7 heteroatoms. The summed E-state index contributed by atoms with van der Waals surface area (Å²) in [4.78, 5) is 19.1. The lowest BCUT2D eigenvalue weighted by molar-refractivity contribution is 0.270. The van der Waals surface area contributed by atoms with Crippen molar-refractivity contribution in [3.63, 3.8) is 0 Å². The average molecular weight is 396 g/mol. The van der Waals surface area contributed by atoms with Crippen LogP contribution in [0.2, 0.25) is 0 Å². The lowest BCUT2D eigenvalue weighted by Gasteiger charge is -2.35. The van der Waals surface area contributed by atoms with Crippen molar-refractivity contribution >= 4 is 23.1 Å². The zero-order chi connectivity index (χ0) is 20.2. The van der Waals surface area contributed by atoms with Crippen LogP contribution in [0.5, 0.6) is 0 Å². The van der Waals surface area contributed by atoms with Crippen molar-refractivity contribution in [2.24, 2.45) is 0 Å². The summed E-state index contributed by atoms with van der Waals surface area (Å²) in [6, 6.07) is 10.7. The molecule has 0 amide bonds. The van der Waals surface area contributed by atoms with Crippen molar-refractivity contribution in [3.8, 4) is 0 Å². The number of aromatic nitrogens is 2. The van der Waals surface area contributed by atoms with Gasteiger partial charge in [0, 0.05) is 75.5 Å². The van der Waals surface area contributed by atoms with Crippen molar-refractivity contribution in [1.29, 1.82) is 0 Å². The van der Waals surface area contributed by atoms with Gasteiger partial charge in [0.1, 0.15) is 5.82 Å². The van der Waals surface area contributed by atoms with E-state index in [-0.39, 0.29) is 0 Å². The molecule has 1 aromatic carbocycles. The molecule has 156 valence electrons. The Balaban J connectivity index is 1.42. The minimum Gasteiger partial charge on any atom is -0.369 e. The van der Waals surface area contributed by atoms with Crippen molar-refractivity contribution in [2.45, 2.75) is 13.8 Å². The zero-order valence-electron chi connectivity index (χ0n) is 17.9. The van der Waals surface area contributed by atoms with Gasteiger partial charge in [0.05, 0.1) is 0 Å². The number of aryl methyl sites for hydroxylation is 1. The molecule has 2 aromatic rings. The van der Waals surface area contributed by atoms with Crippen LogP contribution in [0.1, 0.15) is 12.6 Å². The molecule has 7 nitrogen and oxygen atoms in total. The number of hydrogen-bond donors (Lipinski definition) is 1. The number of piperazine rings is 2. The van der Waals surface area contributed by atoms with Gasteiger partial charge in [-0.15, -0.1) is 0 Å². The van der Waals surface area contributed by atoms with Gasteiger partial charge in [0.15, 0.2) is 0 Å². The molecule has 0 spiro atoms. The highest BCUT2D eigenvalue weighted by Gasteiger charge is 2.18. The second-order valence-electron chi connectivity index (χ2n) is 8.07. The minimum atomic E-state index is 0.672. The number of benzene rings is 1. The molecule has 0 radical (unpaired) electrons. The van der Waals surface area contributed by atoms with Gasteiger partial charge < -0.3 is 24.9 Å². The Bertz CT molecular complexity index is 791. The minimum absolute atomic E-state index is 0.672. The van der Waals surface area contributed by atoms with Gasteiger partial charge in [-0.1, -0.05) is 6.92 Å². The van der Waals surface area contributed by atoms with E-state index in [4.69, 9.17) is 4.98 Å². The van der Waals surface area contributed by atoms with Crippen molar-refractivity contribution in [3.05, 3.63) is 36.0 Å². The van der Waals surface area contributed by atoms with E-state index in [1.165, 1.54) is 5.69 Å². The molecular formula is C22H33N7. The summed E-state index contributed by atoms with van der Waals surface area (Å²) < 4.78 is 0. The van der Waals surface area contributed by atoms with E-state index in [2.05, 4.69) is 74.2 Å². The van der Waals surface area contributed by atoms with Crippen LogP contribution in [0.25, 0.3) is 0 Å². The molecular weight excluding hydrogens is 362 g/mol. The first-order valence-electron chi connectivity index (χ1n) is 10.7. The van der Waals surface area contributed by atoms with E-state index < -0.39 is 0 Å². The molecule has 29 heavy (non-hydrogen) atoms. The van der Waals surface area contributed by atoms with Gasteiger partial charge in [0.25, 0.3) is 0 Å². The molecule has 2 aliphatic heterocycles. The summed E-state index contributed by atoms with van der Waals surface area (Å²) >= 11 is 0. The van der Waals surface area contributed by atoms with Crippen LogP contribution in [-0.2, 0) is 0 Å². The molecule has 2 saturated heterocycles. The van der Waals surface area contributed by atoms with Crippen LogP contribution >= 0.6 is 0 Å². The third-order valence-electron chi connectivity index (χ3n) is 5.98. The molecule has 0 saturated carbocycles. The van der Waals surface area contributed by atoms with E-state index in [1.54, 1.807) is 0 Å². The van der Waals surface area contributed by atoms with Crippen LogP contribution in [0, 0.1) is 6.92 Å². The lowest BCUT2D eigenvalue weighted by atomic mass is 10.2. The summed E-state index contributed by atoms with van der Waals surface area (Å²) in [5.41, 5.74) is 3.29. The summed E-state index contributed by atoms with van der Waals surface area (Å²) in [6.07, 6.45) is 0. The Morgan fingerprint density at radius 2 is 1.52 bits per heavy atom. The smallest absolute Gasteiger partial charge is 0.229 e. The predicted molar refractivity (Wildman–Crippen MR) is 121 cm³/mol. The number of hydrogen-bond acceptors (Lipinski definition) is 7. The molecule has 2 fully saturated rings. The highest BCUT2D eigenvalue weighted by Crippen LogP contribution is 2.23. The second-order valence-corrected chi connectivity index (χ2v) is 8.07. The third-order valence-corrected chi connectivity index (χ3v) is 5.98. The monoisotopic (exact) mass is 395 g/mol. The maximum Gasteiger partial charge on any atom is 0.229 e. The Morgan fingerprint density at radius 3 is 2.17 bits per heavy atom. The number of likely N-dealkylation sites (N-methyl/N-ethyl adjacent to an activating group) is 2. The van der Waals surface area contributed by atoms with Crippen molar-refractivity contribution in [1.82, 2.24) is 19.8 Å².